The Kier molecular flexibility index (Phi) is 4.74. The second kappa shape index (κ2) is 5.64. The molecular formula is C12H24N2O2. The van der Waals surface area contributed by atoms with Crippen LogP contribution in [0.1, 0.15) is 46.0 Å². The SMILES string of the molecule is COC1CCCC1NC(=O)CCC(C)(C)N. The van der Waals surface area contributed by atoms with Gasteiger partial charge in [0.05, 0.1) is 12.1 Å². The molecule has 0 saturated heterocycles. The Labute approximate surface area is 97.9 Å². The fraction of sp³-hybridized carbons (Fsp3) is 0.917. The van der Waals surface area contributed by atoms with Gasteiger partial charge >= 0.3 is 0 Å². The average Bonchev–Trinajstić information content (AvgIpc) is 2.61. The van der Waals surface area contributed by atoms with Crippen LogP contribution in [0.3, 0.4) is 0 Å². The quantitative estimate of drug-likeness (QED) is 0.743. The van der Waals surface area contributed by atoms with Crippen molar-refractivity contribution < 1.29 is 9.53 Å². The first-order valence-corrected chi connectivity index (χ1v) is 6.03. The van der Waals surface area contributed by atoms with Crippen LogP contribution in [0.2, 0.25) is 0 Å². The maximum absolute atomic E-state index is 11.7. The molecule has 1 rings (SSSR count). The van der Waals surface area contributed by atoms with Crippen LogP contribution in [-0.2, 0) is 9.53 Å². The number of hydrogen-bond donors (Lipinski definition) is 2. The fourth-order valence-electron chi connectivity index (χ4n) is 2.09. The van der Waals surface area contributed by atoms with Gasteiger partial charge in [0.25, 0.3) is 0 Å². The van der Waals surface area contributed by atoms with Crippen LogP contribution in [-0.4, -0.2) is 30.7 Å². The Balaban J connectivity index is 2.28. The van der Waals surface area contributed by atoms with Crippen molar-refractivity contribution in [2.24, 2.45) is 5.73 Å². The van der Waals surface area contributed by atoms with E-state index in [2.05, 4.69) is 5.32 Å². The number of rotatable bonds is 5. The molecule has 0 aliphatic heterocycles. The molecule has 0 bridgehead atoms. The Hall–Kier alpha value is -0.610. The van der Waals surface area contributed by atoms with Gasteiger partial charge in [-0.25, -0.2) is 0 Å². The minimum atomic E-state index is -0.270. The monoisotopic (exact) mass is 228 g/mol. The van der Waals surface area contributed by atoms with E-state index in [0.717, 1.165) is 19.3 Å². The number of methoxy groups -OCH3 is 1. The lowest BCUT2D eigenvalue weighted by Gasteiger charge is -2.21. The summed E-state index contributed by atoms with van der Waals surface area (Å²) in [6, 6.07) is 0.193. The van der Waals surface area contributed by atoms with Gasteiger partial charge in [0.15, 0.2) is 0 Å². The molecule has 1 aliphatic carbocycles. The van der Waals surface area contributed by atoms with Crippen LogP contribution in [0.25, 0.3) is 0 Å². The molecule has 0 aromatic heterocycles. The van der Waals surface area contributed by atoms with Gasteiger partial charge < -0.3 is 15.8 Å². The van der Waals surface area contributed by atoms with Gasteiger partial charge in [-0.05, 0) is 39.5 Å². The summed E-state index contributed by atoms with van der Waals surface area (Å²) in [6.07, 6.45) is 4.60. The lowest BCUT2D eigenvalue weighted by atomic mass is 10.00. The predicted octanol–water partition coefficient (Wildman–Crippen LogP) is 1.19. The standard InChI is InChI=1S/C12H24N2O2/c1-12(2,13)8-7-11(15)14-9-5-4-6-10(9)16-3/h9-10H,4-8,13H2,1-3H3,(H,14,15). The molecule has 0 aromatic rings. The van der Waals surface area contributed by atoms with Gasteiger partial charge in [-0.2, -0.15) is 0 Å². The molecule has 4 nitrogen and oxygen atoms in total. The molecule has 0 heterocycles. The first-order valence-electron chi connectivity index (χ1n) is 6.03. The predicted molar refractivity (Wildman–Crippen MR) is 64.1 cm³/mol. The molecule has 0 aromatic carbocycles. The van der Waals surface area contributed by atoms with Crippen molar-refractivity contribution in [2.75, 3.05) is 7.11 Å². The van der Waals surface area contributed by atoms with Crippen molar-refractivity contribution in [2.45, 2.75) is 63.6 Å². The summed E-state index contributed by atoms with van der Waals surface area (Å²) in [5.74, 6) is 0.0903. The maximum atomic E-state index is 11.7. The second-order valence-corrected chi connectivity index (χ2v) is 5.37. The highest BCUT2D eigenvalue weighted by atomic mass is 16.5. The van der Waals surface area contributed by atoms with Crippen LogP contribution >= 0.6 is 0 Å². The molecule has 0 spiro atoms. The Bertz CT molecular complexity index is 236. The molecule has 1 amide bonds. The zero-order valence-electron chi connectivity index (χ0n) is 10.6. The normalized spacial score (nSPS) is 25.8. The smallest absolute Gasteiger partial charge is 0.220 e. The van der Waals surface area contributed by atoms with Gasteiger partial charge in [-0.15, -0.1) is 0 Å². The van der Waals surface area contributed by atoms with Crippen molar-refractivity contribution in [3.63, 3.8) is 0 Å². The zero-order chi connectivity index (χ0) is 12.2. The van der Waals surface area contributed by atoms with Crippen LogP contribution in [0.4, 0.5) is 0 Å². The molecular weight excluding hydrogens is 204 g/mol. The Morgan fingerprint density at radius 2 is 2.19 bits per heavy atom. The number of carbonyl (C=O) groups excluding carboxylic acids is 1. The van der Waals surface area contributed by atoms with Crippen LogP contribution in [0.15, 0.2) is 0 Å². The van der Waals surface area contributed by atoms with Crippen molar-refractivity contribution >= 4 is 5.91 Å². The van der Waals surface area contributed by atoms with E-state index in [4.69, 9.17) is 10.5 Å². The number of hydrogen-bond acceptors (Lipinski definition) is 3. The molecule has 1 aliphatic rings. The summed E-state index contributed by atoms with van der Waals surface area (Å²) in [6.45, 7) is 3.88. The minimum absolute atomic E-state index is 0.0903. The molecule has 3 N–H and O–H groups in total. The zero-order valence-corrected chi connectivity index (χ0v) is 10.6. The van der Waals surface area contributed by atoms with E-state index >= 15 is 0 Å². The van der Waals surface area contributed by atoms with E-state index in [9.17, 15) is 4.79 Å². The largest absolute Gasteiger partial charge is 0.379 e. The van der Waals surface area contributed by atoms with E-state index in [1.165, 1.54) is 0 Å². The Morgan fingerprint density at radius 3 is 2.75 bits per heavy atom. The molecule has 16 heavy (non-hydrogen) atoms. The molecule has 0 radical (unpaired) electrons. The highest BCUT2D eigenvalue weighted by molar-refractivity contribution is 5.76. The number of carbonyl (C=O) groups is 1. The van der Waals surface area contributed by atoms with E-state index in [1.54, 1.807) is 7.11 Å². The highest BCUT2D eigenvalue weighted by Gasteiger charge is 2.28. The summed E-state index contributed by atoms with van der Waals surface area (Å²) in [5, 5.41) is 3.03. The first-order chi connectivity index (χ1) is 7.42. The summed E-state index contributed by atoms with van der Waals surface area (Å²) in [7, 11) is 1.71. The molecule has 2 atom stereocenters. The number of nitrogens with two attached hydrogens (primary N) is 1. The van der Waals surface area contributed by atoms with Gasteiger partial charge in [-0.1, -0.05) is 0 Å². The second-order valence-electron chi connectivity index (χ2n) is 5.37. The topological polar surface area (TPSA) is 64.3 Å². The van der Waals surface area contributed by atoms with Crippen LogP contribution < -0.4 is 11.1 Å². The third-order valence-corrected chi connectivity index (χ3v) is 3.10. The third-order valence-electron chi connectivity index (χ3n) is 3.10. The van der Waals surface area contributed by atoms with Crippen molar-refractivity contribution in [1.82, 2.24) is 5.32 Å². The van der Waals surface area contributed by atoms with E-state index in [-0.39, 0.29) is 23.6 Å². The highest BCUT2D eigenvalue weighted by Crippen LogP contribution is 2.21. The molecule has 4 heteroatoms. The van der Waals surface area contributed by atoms with Gasteiger partial charge in [0, 0.05) is 19.1 Å². The van der Waals surface area contributed by atoms with Gasteiger partial charge in [0.1, 0.15) is 0 Å². The number of amides is 1. The maximum Gasteiger partial charge on any atom is 0.220 e. The summed E-state index contributed by atoms with van der Waals surface area (Å²) < 4.78 is 5.33. The van der Waals surface area contributed by atoms with Crippen LogP contribution in [0.5, 0.6) is 0 Å². The Morgan fingerprint density at radius 1 is 1.50 bits per heavy atom. The molecule has 2 unspecified atom stereocenters. The summed E-state index contributed by atoms with van der Waals surface area (Å²) >= 11 is 0. The average molecular weight is 228 g/mol. The third kappa shape index (κ3) is 4.49. The number of nitrogens with one attached hydrogen (secondary N) is 1. The van der Waals surface area contributed by atoms with Crippen molar-refractivity contribution in [3.8, 4) is 0 Å². The van der Waals surface area contributed by atoms with Crippen molar-refractivity contribution in [3.05, 3.63) is 0 Å². The lowest BCUT2D eigenvalue weighted by Crippen LogP contribution is -2.42. The molecule has 94 valence electrons. The lowest BCUT2D eigenvalue weighted by molar-refractivity contribution is -0.122. The van der Waals surface area contributed by atoms with Gasteiger partial charge in [-0.3, -0.25) is 4.79 Å². The molecule has 1 fully saturated rings. The molecule has 1 saturated carbocycles. The van der Waals surface area contributed by atoms with E-state index in [0.29, 0.717) is 12.8 Å². The van der Waals surface area contributed by atoms with E-state index in [1.807, 2.05) is 13.8 Å². The fourth-order valence-corrected chi connectivity index (χ4v) is 2.09. The summed E-state index contributed by atoms with van der Waals surface area (Å²) in [4.78, 5) is 11.7. The van der Waals surface area contributed by atoms with Crippen molar-refractivity contribution in [1.29, 1.82) is 0 Å². The van der Waals surface area contributed by atoms with Gasteiger partial charge in [0.2, 0.25) is 5.91 Å². The summed E-state index contributed by atoms with van der Waals surface area (Å²) in [5.41, 5.74) is 5.57. The minimum Gasteiger partial charge on any atom is -0.379 e. The first kappa shape index (κ1) is 13.5. The van der Waals surface area contributed by atoms with E-state index < -0.39 is 0 Å². The number of ether oxygens (including phenoxy) is 1. The van der Waals surface area contributed by atoms with Crippen LogP contribution in [0, 0.1) is 0 Å².